The van der Waals surface area contributed by atoms with Gasteiger partial charge in [0.05, 0.1) is 23.9 Å². The lowest BCUT2D eigenvalue weighted by molar-refractivity contribution is 0.405. The molecule has 0 fully saturated rings. The molecule has 6 nitrogen and oxygen atoms in total. The summed E-state index contributed by atoms with van der Waals surface area (Å²) in [5.41, 5.74) is 0.215. The number of hydrogen-bond acceptors (Lipinski definition) is 5. The first kappa shape index (κ1) is 18.7. The molecule has 140 valence electrons. The predicted octanol–water partition coefficient (Wildman–Crippen LogP) is 2.59. The number of aromatic nitrogens is 2. The van der Waals surface area contributed by atoms with Crippen molar-refractivity contribution in [3.8, 4) is 22.6 Å². The van der Waals surface area contributed by atoms with Gasteiger partial charge in [-0.3, -0.25) is 4.79 Å². The first-order chi connectivity index (χ1) is 12.7. The molecule has 0 atom stereocenters. The van der Waals surface area contributed by atoms with Crippen LogP contribution >= 0.6 is 0 Å². The maximum Gasteiger partial charge on any atom is 0.314 e. The molecule has 3 rings (SSSR count). The van der Waals surface area contributed by atoms with Crippen LogP contribution in [-0.2, 0) is 9.84 Å². The molecule has 2 aromatic carbocycles. The van der Waals surface area contributed by atoms with Gasteiger partial charge in [0.2, 0.25) is 0 Å². The Morgan fingerprint density at radius 3 is 2.26 bits per heavy atom. The van der Waals surface area contributed by atoms with E-state index in [-0.39, 0.29) is 16.3 Å². The maximum atomic E-state index is 13.5. The molecule has 0 N–H and O–H groups in total. The Morgan fingerprint density at radius 2 is 1.70 bits per heavy atom. The van der Waals surface area contributed by atoms with Crippen molar-refractivity contribution in [2.75, 3.05) is 13.4 Å². The third-order valence-electron chi connectivity index (χ3n) is 3.88. The van der Waals surface area contributed by atoms with Crippen LogP contribution in [0.3, 0.4) is 0 Å². The van der Waals surface area contributed by atoms with Gasteiger partial charge in [0.15, 0.2) is 27.2 Å². The standard InChI is InChI=1S/C18H14F2N2O4S/c1-26-17-14(11-3-6-13(7-4-11)27(2,24)25)10-21-22(18(17)23)12-5-8-15(19)16(20)9-12/h3-10H,1-2H3. The minimum atomic E-state index is -3.35. The fraction of sp³-hybridized carbons (Fsp3) is 0.111. The Labute approximate surface area is 153 Å². The highest BCUT2D eigenvalue weighted by atomic mass is 32.2. The van der Waals surface area contributed by atoms with E-state index >= 15 is 0 Å². The molecule has 0 aliphatic heterocycles. The zero-order valence-corrected chi connectivity index (χ0v) is 15.1. The van der Waals surface area contributed by atoms with Gasteiger partial charge in [-0.1, -0.05) is 12.1 Å². The van der Waals surface area contributed by atoms with Crippen LogP contribution in [0.1, 0.15) is 0 Å². The molecule has 0 aliphatic carbocycles. The molecule has 0 saturated carbocycles. The molecule has 9 heteroatoms. The van der Waals surface area contributed by atoms with Crippen LogP contribution in [0.2, 0.25) is 0 Å². The lowest BCUT2D eigenvalue weighted by atomic mass is 10.1. The van der Waals surface area contributed by atoms with Gasteiger partial charge in [0, 0.05) is 17.9 Å². The van der Waals surface area contributed by atoms with Crippen molar-refractivity contribution in [2.24, 2.45) is 0 Å². The Kier molecular flexibility index (Phi) is 4.79. The van der Waals surface area contributed by atoms with Crippen molar-refractivity contribution in [1.82, 2.24) is 9.78 Å². The maximum absolute atomic E-state index is 13.5. The fourth-order valence-corrected chi connectivity index (χ4v) is 3.15. The van der Waals surface area contributed by atoms with Crippen molar-refractivity contribution in [1.29, 1.82) is 0 Å². The molecule has 3 aromatic rings. The molecule has 1 aromatic heterocycles. The van der Waals surface area contributed by atoms with Gasteiger partial charge in [-0.15, -0.1) is 0 Å². The minimum absolute atomic E-state index is 0.0381. The third-order valence-corrected chi connectivity index (χ3v) is 5.01. The van der Waals surface area contributed by atoms with Crippen LogP contribution in [0, 0.1) is 11.6 Å². The van der Waals surface area contributed by atoms with E-state index in [1.165, 1.54) is 43.6 Å². The molecule has 0 spiro atoms. The van der Waals surface area contributed by atoms with Crippen LogP contribution in [0.5, 0.6) is 5.75 Å². The largest absolute Gasteiger partial charge is 0.491 e. The zero-order chi connectivity index (χ0) is 19.8. The third kappa shape index (κ3) is 3.59. The van der Waals surface area contributed by atoms with Gasteiger partial charge in [0.1, 0.15) is 0 Å². The Morgan fingerprint density at radius 1 is 1.04 bits per heavy atom. The number of rotatable bonds is 4. The molecule has 0 bridgehead atoms. The molecule has 0 aliphatic rings. The number of methoxy groups -OCH3 is 1. The molecule has 27 heavy (non-hydrogen) atoms. The Bertz CT molecular complexity index is 1170. The number of halogens is 2. The summed E-state index contributed by atoms with van der Waals surface area (Å²) in [6.07, 6.45) is 2.42. The Hall–Kier alpha value is -3.07. The smallest absolute Gasteiger partial charge is 0.314 e. The second kappa shape index (κ2) is 6.92. The molecular formula is C18H14F2N2O4S. The topological polar surface area (TPSA) is 78.3 Å². The first-order valence-electron chi connectivity index (χ1n) is 7.64. The molecule has 0 unspecified atom stereocenters. The van der Waals surface area contributed by atoms with Gasteiger partial charge in [-0.05, 0) is 29.8 Å². The quantitative estimate of drug-likeness (QED) is 0.682. The second-order valence-electron chi connectivity index (χ2n) is 5.70. The molecule has 0 saturated heterocycles. The normalized spacial score (nSPS) is 11.4. The van der Waals surface area contributed by atoms with Crippen LogP contribution in [-0.4, -0.2) is 31.6 Å². The fourth-order valence-electron chi connectivity index (χ4n) is 2.52. The summed E-state index contributed by atoms with van der Waals surface area (Å²) in [6, 6.07) is 8.82. The van der Waals surface area contributed by atoms with Crippen molar-refractivity contribution in [3.05, 3.63) is 70.6 Å². The summed E-state index contributed by atoms with van der Waals surface area (Å²) in [5, 5.41) is 3.99. The number of nitrogens with zero attached hydrogens (tertiary/aromatic N) is 2. The highest BCUT2D eigenvalue weighted by Crippen LogP contribution is 2.27. The van der Waals surface area contributed by atoms with E-state index in [9.17, 15) is 22.0 Å². The van der Waals surface area contributed by atoms with E-state index in [0.717, 1.165) is 23.1 Å². The Balaban J connectivity index is 2.12. The van der Waals surface area contributed by atoms with E-state index in [2.05, 4.69) is 5.10 Å². The van der Waals surface area contributed by atoms with Crippen LogP contribution in [0.4, 0.5) is 8.78 Å². The van der Waals surface area contributed by atoms with E-state index < -0.39 is 27.0 Å². The molecule has 0 amide bonds. The lowest BCUT2D eigenvalue weighted by Crippen LogP contribution is -2.23. The first-order valence-corrected chi connectivity index (χ1v) is 9.54. The van der Waals surface area contributed by atoms with Crippen molar-refractivity contribution >= 4 is 9.84 Å². The van der Waals surface area contributed by atoms with Gasteiger partial charge >= 0.3 is 5.56 Å². The van der Waals surface area contributed by atoms with Crippen molar-refractivity contribution in [3.63, 3.8) is 0 Å². The van der Waals surface area contributed by atoms with E-state index in [0.29, 0.717) is 11.1 Å². The van der Waals surface area contributed by atoms with Crippen LogP contribution in [0.25, 0.3) is 16.8 Å². The summed E-state index contributed by atoms with van der Waals surface area (Å²) in [5.74, 6) is -2.22. The summed E-state index contributed by atoms with van der Waals surface area (Å²) in [7, 11) is -2.06. The monoisotopic (exact) mass is 392 g/mol. The molecule has 0 radical (unpaired) electrons. The van der Waals surface area contributed by atoms with Crippen LogP contribution in [0.15, 0.2) is 58.4 Å². The van der Waals surface area contributed by atoms with Gasteiger partial charge in [0.25, 0.3) is 0 Å². The van der Waals surface area contributed by atoms with Gasteiger partial charge in [-0.25, -0.2) is 17.2 Å². The number of hydrogen-bond donors (Lipinski definition) is 0. The average molecular weight is 392 g/mol. The summed E-state index contributed by atoms with van der Waals surface area (Å²) in [6.45, 7) is 0. The van der Waals surface area contributed by atoms with E-state index in [4.69, 9.17) is 4.74 Å². The van der Waals surface area contributed by atoms with E-state index in [1.54, 1.807) is 0 Å². The van der Waals surface area contributed by atoms with Crippen molar-refractivity contribution < 1.29 is 21.9 Å². The summed E-state index contributed by atoms with van der Waals surface area (Å²) in [4.78, 5) is 12.8. The SMILES string of the molecule is COc1c(-c2ccc(S(C)(=O)=O)cc2)cnn(-c2ccc(F)c(F)c2)c1=O. The molecule has 1 heterocycles. The molecular weight excluding hydrogens is 378 g/mol. The van der Waals surface area contributed by atoms with Crippen LogP contribution < -0.4 is 10.3 Å². The number of benzene rings is 2. The average Bonchev–Trinajstić information content (AvgIpc) is 2.63. The highest BCUT2D eigenvalue weighted by Gasteiger charge is 2.16. The summed E-state index contributed by atoms with van der Waals surface area (Å²) >= 11 is 0. The number of sulfone groups is 1. The second-order valence-corrected chi connectivity index (χ2v) is 7.72. The number of ether oxygens (including phenoxy) is 1. The summed E-state index contributed by atoms with van der Waals surface area (Å²) < 4.78 is 55.8. The highest BCUT2D eigenvalue weighted by molar-refractivity contribution is 7.90. The minimum Gasteiger partial charge on any atom is -0.491 e. The van der Waals surface area contributed by atoms with E-state index in [1.807, 2.05) is 0 Å². The predicted molar refractivity (Wildman–Crippen MR) is 94.8 cm³/mol. The zero-order valence-electron chi connectivity index (χ0n) is 14.3. The van der Waals surface area contributed by atoms with Gasteiger partial charge in [-0.2, -0.15) is 9.78 Å². The van der Waals surface area contributed by atoms with Gasteiger partial charge < -0.3 is 4.74 Å². The van der Waals surface area contributed by atoms with Crippen molar-refractivity contribution in [2.45, 2.75) is 4.90 Å². The lowest BCUT2D eigenvalue weighted by Gasteiger charge is -2.11.